The van der Waals surface area contributed by atoms with Gasteiger partial charge in [-0.2, -0.15) is 0 Å². The molecule has 1 unspecified atom stereocenters. The van der Waals surface area contributed by atoms with Gasteiger partial charge in [0.2, 0.25) is 0 Å². The highest BCUT2D eigenvalue weighted by Crippen LogP contribution is 2.30. The van der Waals surface area contributed by atoms with Crippen LogP contribution >= 0.6 is 0 Å². The van der Waals surface area contributed by atoms with Crippen molar-refractivity contribution in [3.8, 4) is 11.5 Å². The van der Waals surface area contributed by atoms with Crippen LogP contribution in [0.1, 0.15) is 19.4 Å². The first-order valence-corrected chi connectivity index (χ1v) is 8.77. The summed E-state index contributed by atoms with van der Waals surface area (Å²) >= 11 is 0. The Hall–Kier alpha value is -2.60. The van der Waals surface area contributed by atoms with Crippen LogP contribution in [-0.2, 0) is 11.3 Å². The van der Waals surface area contributed by atoms with Crippen molar-refractivity contribution in [3.05, 3.63) is 53.8 Å². The number of ether oxygens (including phenoxy) is 2. The molecular formula is C20H26FN2O3+. The highest BCUT2D eigenvalue weighted by molar-refractivity contribution is 5.91. The number of quaternary nitrogens is 1. The molecule has 0 aliphatic heterocycles. The average Bonchev–Trinajstić information content (AvgIpc) is 2.59. The first-order chi connectivity index (χ1) is 12.5. The monoisotopic (exact) mass is 361 g/mol. The Kier molecular flexibility index (Phi) is 7.41. The van der Waals surface area contributed by atoms with E-state index in [0.29, 0.717) is 43.5 Å². The summed E-state index contributed by atoms with van der Waals surface area (Å²) < 4.78 is 24.0. The van der Waals surface area contributed by atoms with Crippen molar-refractivity contribution in [1.29, 1.82) is 0 Å². The van der Waals surface area contributed by atoms with Crippen molar-refractivity contribution >= 4 is 11.6 Å². The van der Waals surface area contributed by atoms with Gasteiger partial charge in [-0.05, 0) is 38.1 Å². The first kappa shape index (κ1) is 19.7. The SMILES string of the molecule is CCOc1ccc(NC(=O)C[NH+](C)Cc2ccc(F)cc2)cc1OCC. The zero-order valence-electron chi connectivity index (χ0n) is 15.5. The molecule has 2 rings (SSSR count). The summed E-state index contributed by atoms with van der Waals surface area (Å²) in [6.45, 7) is 5.81. The van der Waals surface area contributed by atoms with Gasteiger partial charge < -0.3 is 19.7 Å². The molecule has 0 fully saturated rings. The van der Waals surface area contributed by atoms with Gasteiger partial charge in [-0.25, -0.2) is 4.39 Å². The Morgan fingerprint density at radius 3 is 2.35 bits per heavy atom. The summed E-state index contributed by atoms with van der Waals surface area (Å²) in [6, 6.07) is 11.7. The second-order valence-electron chi connectivity index (χ2n) is 6.01. The largest absolute Gasteiger partial charge is 0.490 e. The Balaban J connectivity index is 1.93. The molecule has 0 bridgehead atoms. The molecule has 0 aliphatic carbocycles. The van der Waals surface area contributed by atoms with Crippen molar-refractivity contribution in [1.82, 2.24) is 0 Å². The van der Waals surface area contributed by atoms with Gasteiger partial charge >= 0.3 is 0 Å². The van der Waals surface area contributed by atoms with Crippen molar-refractivity contribution in [3.63, 3.8) is 0 Å². The molecule has 2 aromatic carbocycles. The third-order valence-electron chi connectivity index (χ3n) is 3.71. The number of benzene rings is 2. The van der Waals surface area contributed by atoms with E-state index in [1.165, 1.54) is 12.1 Å². The van der Waals surface area contributed by atoms with Crippen molar-refractivity contribution < 1.29 is 23.6 Å². The zero-order valence-corrected chi connectivity index (χ0v) is 15.5. The molecule has 2 aromatic rings. The van der Waals surface area contributed by atoms with Gasteiger partial charge in [0.15, 0.2) is 18.0 Å². The van der Waals surface area contributed by atoms with Gasteiger partial charge in [0.05, 0.1) is 20.3 Å². The van der Waals surface area contributed by atoms with Crippen LogP contribution in [0.3, 0.4) is 0 Å². The van der Waals surface area contributed by atoms with Gasteiger partial charge in [-0.1, -0.05) is 12.1 Å². The Labute approximate surface area is 153 Å². The number of hydrogen-bond acceptors (Lipinski definition) is 3. The fraction of sp³-hybridized carbons (Fsp3) is 0.350. The Morgan fingerprint density at radius 2 is 1.69 bits per heavy atom. The van der Waals surface area contributed by atoms with E-state index in [1.54, 1.807) is 30.3 Å². The summed E-state index contributed by atoms with van der Waals surface area (Å²) in [5.74, 6) is 0.909. The van der Waals surface area contributed by atoms with Crippen LogP contribution in [0.5, 0.6) is 11.5 Å². The predicted molar refractivity (Wildman–Crippen MR) is 99.3 cm³/mol. The third-order valence-corrected chi connectivity index (χ3v) is 3.71. The topological polar surface area (TPSA) is 52.0 Å². The average molecular weight is 361 g/mol. The maximum Gasteiger partial charge on any atom is 0.279 e. The molecule has 5 nitrogen and oxygen atoms in total. The van der Waals surface area contributed by atoms with E-state index in [0.717, 1.165) is 10.5 Å². The fourth-order valence-electron chi connectivity index (χ4n) is 2.62. The van der Waals surface area contributed by atoms with Crippen molar-refractivity contribution in [2.45, 2.75) is 20.4 Å². The molecule has 140 valence electrons. The maximum absolute atomic E-state index is 13.0. The Morgan fingerprint density at radius 1 is 1.04 bits per heavy atom. The Bertz CT molecular complexity index is 719. The molecule has 0 spiro atoms. The molecular weight excluding hydrogens is 335 g/mol. The summed E-state index contributed by atoms with van der Waals surface area (Å²) in [5.41, 5.74) is 1.65. The molecule has 0 heterocycles. The lowest BCUT2D eigenvalue weighted by Gasteiger charge is -2.15. The van der Waals surface area contributed by atoms with Crippen molar-refractivity contribution in [2.75, 3.05) is 32.1 Å². The molecule has 0 aliphatic rings. The van der Waals surface area contributed by atoms with E-state index in [1.807, 2.05) is 20.9 Å². The molecule has 0 radical (unpaired) electrons. The minimum Gasteiger partial charge on any atom is -0.490 e. The quantitative estimate of drug-likeness (QED) is 0.720. The van der Waals surface area contributed by atoms with Crippen molar-refractivity contribution in [2.24, 2.45) is 0 Å². The summed E-state index contributed by atoms with van der Waals surface area (Å²) in [5, 5.41) is 2.88. The first-order valence-electron chi connectivity index (χ1n) is 8.77. The predicted octanol–water partition coefficient (Wildman–Crippen LogP) is 2.28. The lowest BCUT2D eigenvalue weighted by atomic mass is 10.2. The lowest BCUT2D eigenvalue weighted by Crippen LogP contribution is -3.08. The van der Waals surface area contributed by atoms with E-state index in [9.17, 15) is 9.18 Å². The second-order valence-corrected chi connectivity index (χ2v) is 6.01. The molecule has 0 saturated carbocycles. The van der Waals surface area contributed by atoms with E-state index < -0.39 is 0 Å². The number of amides is 1. The standard InChI is InChI=1S/C20H25FN2O3/c1-4-25-18-11-10-17(12-19(18)26-5-2)22-20(24)14-23(3)13-15-6-8-16(21)9-7-15/h6-12H,4-5,13-14H2,1-3H3,(H,22,24)/p+1. The highest BCUT2D eigenvalue weighted by Gasteiger charge is 2.13. The minimum atomic E-state index is -0.259. The molecule has 0 aromatic heterocycles. The minimum absolute atomic E-state index is 0.101. The zero-order chi connectivity index (χ0) is 18.9. The third kappa shape index (κ3) is 6.04. The fourth-order valence-corrected chi connectivity index (χ4v) is 2.62. The maximum atomic E-state index is 13.0. The normalized spacial score (nSPS) is 11.7. The van der Waals surface area contributed by atoms with Crippen LogP contribution in [-0.4, -0.2) is 32.7 Å². The lowest BCUT2D eigenvalue weighted by molar-refractivity contribution is -0.885. The number of hydrogen-bond donors (Lipinski definition) is 2. The number of halogens is 1. The second kappa shape index (κ2) is 9.77. The number of carbonyl (C=O) groups excluding carboxylic acids is 1. The number of rotatable bonds is 9. The van der Waals surface area contributed by atoms with E-state index in [4.69, 9.17) is 9.47 Å². The number of anilines is 1. The van der Waals surface area contributed by atoms with Crippen LogP contribution in [0, 0.1) is 5.82 Å². The van der Waals surface area contributed by atoms with E-state index >= 15 is 0 Å². The molecule has 2 N–H and O–H groups in total. The number of likely N-dealkylation sites (N-methyl/N-ethyl adjacent to an activating group) is 1. The summed E-state index contributed by atoms with van der Waals surface area (Å²) in [4.78, 5) is 13.3. The molecule has 0 saturated heterocycles. The molecule has 6 heteroatoms. The molecule has 1 amide bonds. The van der Waals surface area contributed by atoms with Crippen LogP contribution < -0.4 is 19.7 Å². The summed E-state index contributed by atoms with van der Waals surface area (Å²) in [6.07, 6.45) is 0. The van der Waals surface area contributed by atoms with Crippen LogP contribution in [0.25, 0.3) is 0 Å². The van der Waals surface area contributed by atoms with E-state index in [2.05, 4.69) is 5.32 Å². The van der Waals surface area contributed by atoms with E-state index in [-0.39, 0.29) is 11.7 Å². The van der Waals surface area contributed by atoms with Gasteiger partial charge in [0, 0.05) is 17.3 Å². The van der Waals surface area contributed by atoms with Gasteiger partial charge in [0.1, 0.15) is 12.4 Å². The number of carbonyl (C=O) groups is 1. The van der Waals surface area contributed by atoms with Gasteiger partial charge in [-0.3, -0.25) is 4.79 Å². The van der Waals surface area contributed by atoms with Crippen LogP contribution in [0.2, 0.25) is 0 Å². The number of nitrogens with one attached hydrogen (secondary N) is 2. The van der Waals surface area contributed by atoms with Crippen LogP contribution in [0.15, 0.2) is 42.5 Å². The molecule has 1 atom stereocenters. The van der Waals surface area contributed by atoms with Crippen LogP contribution in [0.4, 0.5) is 10.1 Å². The van der Waals surface area contributed by atoms with Gasteiger partial charge in [-0.15, -0.1) is 0 Å². The highest BCUT2D eigenvalue weighted by atomic mass is 19.1. The smallest absolute Gasteiger partial charge is 0.279 e. The van der Waals surface area contributed by atoms with Gasteiger partial charge in [0.25, 0.3) is 5.91 Å². The molecule has 26 heavy (non-hydrogen) atoms. The summed E-state index contributed by atoms with van der Waals surface area (Å²) in [7, 11) is 1.92.